The number of aromatic nitrogens is 2. The molecule has 0 radical (unpaired) electrons. The van der Waals surface area contributed by atoms with Gasteiger partial charge in [0, 0.05) is 12.1 Å². The van der Waals surface area contributed by atoms with Crippen LogP contribution in [0.25, 0.3) is 11.0 Å². The zero-order valence-corrected chi connectivity index (χ0v) is 8.26. The van der Waals surface area contributed by atoms with Crippen LogP contribution in [0.15, 0.2) is 17.3 Å². The van der Waals surface area contributed by atoms with Crippen molar-refractivity contribution in [1.82, 2.24) is 4.98 Å². The second-order valence-corrected chi connectivity index (χ2v) is 3.67. The van der Waals surface area contributed by atoms with Crippen LogP contribution in [0.5, 0.6) is 0 Å². The molecule has 0 saturated carbocycles. The van der Waals surface area contributed by atoms with E-state index in [9.17, 15) is 0 Å². The lowest BCUT2D eigenvalue weighted by Gasteiger charge is -1.90. The third-order valence-corrected chi connectivity index (χ3v) is 2.51. The van der Waals surface area contributed by atoms with Crippen molar-refractivity contribution in [2.45, 2.75) is 5.16 Å². The quantitative estimate of drug-likeness (QED) is 0.639. The number of benzene rings is 1. The van der Waals surface area contributed by atoms with E-state index in [0.29, 0.717) is 15.2 Å². The molecule has 0 bridgehead atoms. The normalized spacial score (nSPS) is 10.9. The molecule has 0 unspecified atom stereocenters. The van der Waals surface area contributed by atoms with Crippen molar-refractivity contribution in [2.24, 2.45) is 0 Å². The summed E-state index contributed by atoms with van der Waals surface area (Å²) < 4.78 is 0. The number of aromatic amines is 2. The molecule has 2 N–H and O–H groups in total. The molecule has 0 aliphatic carbocycles. The van der Waals surface area contributed by atoms with Gasteiger partial charge in [-0.25, -0.2) is 9.97 Å². The lowest BCUT2D eigenvalue weighted by molar-refractivity contribution is -0.395. The number of H-pyrrole nitrogens is 2. The molecule has 5 heteroatoms. The first-order valence-electron chi connectivity index (χ1n) is 3.26. The van der Waals surface area contributed by atoms with E-state index in [2.05, 4.69) is 22.6 Å². The number of hydrogen-bond donors (Lipinski definition) is 2. The van der Waals surface area contributed by atoms with Crippen molar-refractivity contribution in [1.29, 1.82) is 0 Å². The van der Waals surface area contributed by atoms with Crippen molar-refractivity contribution in [3.05, 3.63) is 22.2 Å². The molecule has 0 spiro atoms. The highest BCUT2D eigenvalue weighted by atomic mass is 35.5. The Balaban J connectivity index is 2.83. The van der Waals surface area contributed by atoms with Crippen LogP contribution in [0.1, 0.15) is 0 Å². The summed E-state index contributed by atoms with van der Waals surface area (Å²) in [7, 11) is 0. The fraction of sp³-hybridized carbons (Fsp3) is 0. The Labute approximate surface area is 84.3 Å². The van der Waals surface area contributed by atoms with Gasteiger partial charge in [0.2, 0.25) is 0 Å². The van der Waals surface area contributed by atoms with Gasteiger partial charge in [0.1, 0.15) is 0 Å². The van der Waals surface area contributed by atoms with E-state index < -0.39 is 0 Å². The SMILES string of the molecule is Sc1[nH]c2cc(Cl)c(Cl)cc2[nH+]1. The molecular weight excluding hydrogens is 215 g/mol. The Morgan fingerprint density at radius 2 is 1.92 bits per heavy atom. The number of hydrogen-bond acceptors (Lipinski definition) is 1. The van der Waals surface area contributed by atoms with Crippen LogP contribution in [-0.4, -0.2) is 4.98 Å². The van der Waals surface area contributed by atoms with E-state index in [-0.39, 0.29) is 0 Å². The van der Waals surface area contributed by atoms with E-state index in [1.165, 1.54) is 0 Å². The largest absolute Gasteiger partial charge is 0.311 e. The van der Waals surface area contributed by atoms with Crippen LogP contribution in [0, 0.1) is 0 Å². The highest BCUT2D eigenvalue weighted by molar-refractivity contribution is 7.79. The van der Waals surface area contributed by atoms with E-state index in [0.717, 1.165) is 11.0 Å². The van der Waals surface area contributed by atoms with E-state index >= 15 is 0 Å². The van der Waals surface area contributed by atoms with E-state index in [1.807, 2.05) is 0 Å². The zero-order valence-electron chi connectivity index (χ0n) is 5.86. The van der Waals surface area contributed by atoms with Crippen LogP contribution >= 0.6 is 35.8 Å². The molecule has 0 aliphatic heterocycles. The predicted octanol–water partition coefficient (Wildman–Crippen LogP) is 2.58. The van der Waals surface area contributed by atoms with Crippen molar-refractivity contribution < 1.29 is 4.98 Å². The molecule has 0 fully saturated rings. The number of thiol groups is 1. The predicted molar refractivity (Wildman–Crippen MR) is 52.1 cm³/mol. The highest BCUT2D eigenvalue weighted by Crippen LogP contribution is 2.25. The molecule has 2 aromatic rings. The average molecular weight is 220 g/mol. The van der Waals surface area contributed by atoms with Crippen LogP contribution in [0.3, 0.4) is 0 Å². The summed E-state index contributed by atoms with van der Waals surface area (Å²) in [6.07, 6.45) is 0. The molecule has 0 amide bonds. The molecule has 0 saturated heterocycles. The molecular formula is C7H5Cl2N2S+. The Morgan fingerprint density at radius 1 is 1.25 bits per heavy atom. The summed E-state index contributed by atoms with van der Waals surface area (Å²) in [5.74, 6) is 0. The van der Waals surface area contributed by atoms with Gasteiger partial charge < -0.3 is 0 Å². The first kappa shape index (κ1) is 8.23. The summed E-state index contributed by atoms with van der Waals surface area (Å²) in [4.78, 5) is 5.98. The number of nitrogens with one attached hydrogen (secondary N) is 2. The zero-order chi connectivity index (χ0) is 8.72. The average Bonchev–Trinajstić information content (AvgIpc) is 2.30. The lowest BCUT2D eigenvalue weighted by Crippen LogP contribution is -1.98. The van der Waals surface area contributed by atoms with E-state index in [4.69, 9.17) is 23.2 Å². The van der Waals surface area contributed by atoms with Gasteiger partial charge in [0.25, 0.3) is 0 Å². The monoisotopic (exact) mass is 219 g/mol. The summed E-state index contributed by atoms with van der Waals surface area (Å²) in [5.41, 5.74) is 1.80. The van der Waals surface area contributed by atoms with Crippen molar-refractivity contribution >= 4 is 46.9 Å². The summed E-state index contributed by atoms with van der Waals surface area (Å²) >= 11 is 15.7. The van der Waals surface area contributed by atoms with Crippen LogP contribution < -0.4 is 4.98 Å². The van der Waals surface area contributed by atoms with Gasteiger partial charge in [-0.15, -0.1) is 0 Å². The Bertz CT molecular complexity index is 399. The van der Waals surface area contributed by atoms with Crippen LogP contribution in [-0.2, 0) is 0 Å². The van der Waals surface area contributed by atoms with Gasteiger partial charge in [-0.05, 0) is 0 Å². The van der Waals surface area contributed by atoms with Gasteiger partial charge in [0.05, 0.1) is 10.0 Å². The third kappa shape index (κ3) is 1.28. The fourth-order valence-corrected chi connectivity index (χ4v) is 1.61. The van der Waals surface area contributed by atoms with Crippen LogP contribution in [0.4, 0.5) is 0 Å². The Hall–Kier alpha value is -0.380. The minimum atomic E-state index is 0.535. The Morgan fingerprint density at radius 3 is 2.67 bits per heavy atom. The molecule has 1 heterocycles. The molecule has 62 valence electrons. The standard InChI is InChI=1S/C7H4Cl2N2S/c8-3-1-5-6(2-4(3)9)11-7(12)10-5/h1-2H,(H2,10,11,12)/p+1. The molecule has 2 nitrogen and oxygen atoms in total. The molecule has 12 heavy (non-hydrogen) atoms. The maximum atomic E-state index is 5.81. The fourth-order valence-electron chi connectivity index (χ4n) is 1.04. The summed E-state index contributed by atoms with van der Waals surface area (Å²) in [6, 6.07) is 3.52. The van der Waals surface area contributed by atoms with Crippen molar-refractivity contribution in [3.63, 3.8) is 0 Å². The molecule has 1 aromatic carbocycles. The van der Waals surface area contributed by atoms with E-state index in [1.54, 1.807) is 12.1 Å². The second kappa shape index (κ2) is 2.83. The first-order valence-corrected chi connectivity index (χ1v) is 4.46. The minimum Gasteiger partial charge on any atom is -0.231 e. The van der Waals surface area contributed by atoms with Crippen molar-refractivity contribution in [3.8, 4) is 0 Å². The molecule has 0 aliphatic rings. The second-order valence-electron chi connectivity index (χ2n) is 2.41. The summed E-state index contributed by atoms with van der Waals surface area (Å²) in [6.45, 7) is 0. The van der Waals surface area contributed by atoms with Crippen molar-refractivity contribution in [2.75, 3.05) is 0 Å². The summed E-state index contributed by atoms with van der Waals surface area (Å²) in [5, 5.41) is 1.75. The number of rotatable bonds is 0. The number of fused-ring (bicyclic) bond motifs is 1. The molecule has 1 aromatic heterocycles. The minimum absolute atomic E-state index is 0.535. The molecule has 0 atom stereocenters. The lowest BCUT2D eigenvalue weighted by atomic mass is 10.3. The van der Waals surface area contributed by atoms with Gasteiger partial charge in [0.15, 0.2) is 11.0 Å². The highest BCUT2D eigenvalue weighted by Gasteiger charge is 2.09. The number of halogens is 2. The van der Waals surface area contributed by atoms with Gasteiger partial charge >= 0.3 is 5.16 Å². The maximum absolute atomic E-state index is 5.81. The van der Waals surface area contributed by atoms with Gasteiger partial charge in [-0.1, -0.05) is 35.8 Å². The number of imidazole rings is 1. The topological polar surface area (TPSA) is 29.9 Å². The molecule has 2 rings (SSSR count). The van der Waals surface area contributed by atoms with Gasteiger partial charge in [-0.3, -0.25) is 0 Å². The Kier molecular flexibility index (Phi) is 1.94. The maximum Gasteiger partial charge on any atom is 0.311 e. The third-order valence-electron chi connectivity index (χ3n) is 1.57. The van der Waals surface area contributed by atoms with Crippen LogP contribution in [0.2, 0.25) is 10.0 Å². The smallest absolute Gasteiger partial charge is 0.231 e. The van der Waals surface area contributed by atoms with Gasteiger partial charge in [-0.2, -0.15) is 0 Å². The first-order chi connectivity index (χ1) is 5.66.